The summed E-state index contributed by atoms with van der Waals surface area (Å²) in [7, 11) is 1.54. The highest BCUT2D eigenvalue weighted by Gasteiger charge is 2.20. The van der Waals surface area contributed by atoms with E-state index in [2.05, 4.69) is 10.2 Å². The number of hydrogen-bond donors (Lipinski definition) is 0. The third-order valence-electron chi connectivity index (χ3n) is 3.81. The lowest BCUT2D eigenvalue weighted by Crippen LogP contribution is -2.10. The van der Waals surface area contributed by atoms with Crippen molar-refractivity contribution in [2.24, 2.45) is 0 Å². The van der Waals surface area contributed by atoms with Crippen LogP contribution in [0, 0.1) is 12.7 Å². The van der Waals surface area contributed by atoms with Crippen LogP contribution in [-0.4, -0.2) is 23.3 Å². The fraction of sp³-hybridized carbons (Fsp3) is 0.211. The molecule has 26 heavy (non-hydrogen) atoms. The number of carbonyl (C=O) groups excluding carboxylic acids is 1. The highest BCUT2D eigenvalue weighted by molar-refractivity contribution is 5.90. The number of hydrogen-bond acceptors (Lipinski definition) is 6. The van der Waals surface area contributed by atoms with Crippen LogP contribution in [0.2, 0.25) is 0 Å². The van der Waals surface area contributed by atoms with Gasteiger partial charge in [-0.3, -0.25) is 0 Å². The average molecular weight is 356 g/mol. The summed E-state index contributed by atoms with van der Waals surface area (Å²) in [6.45, 7) is 3.51. The molecule has 0 spiro atoms. The van der Waals surface area contributed by atoms with Crippen LogP contribution in [0.25, 0.3) is 11.5 Å². The predicted octanol–water partition coefficient (Wildman–Crippen LogP) is 4.11. The molecular formula is C19H17FN2O4. The predicted molar refractivity (Wildman–Crippen MR) is 91.3 cm³/mol. The number of carbonyl (C=O) groups is 1. The van der Waals surface area contributed by atoms with Crippen LogP contribution in [0.3, 0.4) is 0 Å². The van der Waals surface area contributed by atoms with Gasteiger partial charge in [-0.15, -0.1) is 10.2 Å². The van der Waals surface area contributed by atoms with Gasteiger partial charge in [0.1, 0.15) is 11.6 Å². The second-order valence-electron chi connectivity index (χ2n) is 5.68. The first-order valence-electron chi connectivity index (χ1n) is 7.93. The maximum Gasteiger partial charge on any atom is 0.339 e. The summed E-state index contributed by atoms with van der Waals surface area (Å²) in [4.78, 5) is 12.3. The van der Waals surface area contributed by atoms with E-state index in [1.54, 1.807) is 25.1 Å². The highest BCUT2D eigenvalue weighted by Crippen LogP contribution is 2.25. The van der Waals surface area contributed by atoms with Crippen molar-refractivity contribution in [1.82, 2.24) is 10.2 Å². The Labute approximate surface area is 149 Å². The Kier molecular flexibility index (Phi) is 4.97. The Balaban J connectivity index is 1.73. The van der Waals surface area contributed by atoms with Crippen LogP contribution < -0.4 is 4.74 Å². The summed E-state index contributed by atoms with van der Waals surface area (Å²) in [6.07, 6.45) is -0.739. The van der Waals surface area contributed by atoms with Gasteiger partial charge in [0.25, 0.3) is 5.89 Å². The van der Waals surface area contributed by atoms with Crippen molar-refractivity contribution in [3.05, 3.63) is 65.3 Å². The first-order chi connectivity index (χ1) is 12.5. The molecule has 0 aliphatic carbocycles. The van der Waals surface area contributed by atoms with Gasteiger partial charge in [-0.05, 0) is 55.8 Å². The summed E-state index contributed by atoms with van der Waals surface area (Å²) in [5, 5.41) is 7.80. The van der Waals surface area contributed by atoms with E-state index in [1.807, 2.05) is 6.92 Å². The van der Waals surface area contributed by atoms with Crippen LogP contribution in [0.1, 0.15) is 34.8 Å². The van der Waals surface area contributed by atoms with Gasteiger partial charge in [0.05, 0.1) is 12.7 Å². The smallest absolute Gasteiger partial charge is 0.339 e. The van der Waals surface area contributed by atoms with E-state index < -0.39 is 12.1 Å². The molecule has 0 aliphatic heterocycles. The van der Waals surface area contributed by atoms with Crippen molar-refractivity contribution in [3.8, 4) is 17.2 Å². The van der Waals surface area contributed by atoms with Gasteiger partial charge in [-0.2, -0.15) is 0 Å². The summed E-state index contributed by atoms with van der Waals surface area (Å²) in [5.74, 6) is 0.0850. The summed E-state index contributed by atoms with van der Waals surface area (Å²) >= 11 is 0. The van der Waals surface area contributed by atoms with E-state index in [4.69, 9.17) is 13.9 Å². The quantitative estimate of drug-likeness (QED) is 0.641. The molecule has 1 atom stereocenters. The summed E-state index contributed by atoms with van der Waals surface area (Å²) in [5.41, 5.74) is 1.85. The number of esters is 1. The van der Waals surface area contributed by atoms with E-state index in [9.17, 15) is 9.18 Å². The maximum absolute atomic E-state index is 13.0. The van der Waals surface area contributed by atoms with Crippen LogP contribution >= 0.6 is 0 Å². The van der Waals surface area contributed by atoms with Gasteiger partial charge in [0.2, 0.25) is 5.89 Å². The monoisotopic (exact) mass is 356 g/mol. The normalized spacial score (nSPS) is 11.8. The molecule has 0 N–H and O–H groups in total. The Morgan fingerprint density at radius 2 is 1.88 bits per heavy atom. The minimum Gasteiger partial charge on any atom is -0.496 e. The molecule has 0 bridgehead atoms. The Bertz CT molecular complexity index is 922. The average Bonchev–Trinajstić information content (AvgIpc) is 3.13. The number of aryl methyl sites for hydroxylation is 1. The van der Waals surface area contributed by atoms with E-state index in [1.165, 1.54) is 31.4 Å². The molecule has 1 heterocycles. The molecule has 6 nitrogen and oxygen atoms in total. The topological polar surface area (TPSA) is 74.5 Å². The van der Waals surface area contributed by atoms with Gasteiger partial charge >= 0.3 is 5.97 Å². The van der Waals surface area contributed by atoms with Crippen molar-refractivity contribution in [2.45, 2.75) is 20.0 Å². The molecule has 7 heteroatoms. The van der Waals surface area contributed by atoms with E-state index in [-0.39, 0.29) is 17.6 Å². The summed E-state index contributed by atoms with van der Waals surface area (Å²) < 4.78 is 29.1. The molecule has 2 aromatic carbocycles. The Morgan fingerprint density at radius 1 is 1.15 bits per heavy atom. The van der Waals surface area contributed by atoms with Gasteiger partial charge in [-0.25, -0.2) is 9.18 Å². The van der Waals surface area contributed by atoms with Gasteiger partial charge in [0, 0.05) is 5.56 Å². The van der Waals surface area contributed by atoms with E-state index in [0.717, 1.165) is 5.56 Å². The molecule has 0 radical (unpaired) electrons. The lowest BCUT2D eigenvalue weighted by molar-refractivity contribution is 0.0279. The van der Waals surface area contributed by atoms with Crippen LogP contribution in [0.15, 0.2) is 46.9 Å². The zero-order valence-corrected chi connectivity index (χ0v) is 14.5. The number of ether oxygens (including phenoxy) is 2. The summed E-state index contributed by atoms with van der Waals surface area (Å²) in [6, 6.07) is 10.7. The molecule has 0 aliphatic rings. The van der Waals surface area contributed by atoms with Gasteiger partial charge < -0.3 is 13.9 Å². The minimum atomic E-state index is -0.739. The number of aromatic nitrogens is 2. The molecule has 0 fully saturated rings. The number of methoxy groups -OCH3 is 1. The Morgan fingerprint density at radius 3 is 2.58 bits per heavy atom. The van der Waals surface area contributed by atoms with E-state index in [0.29, 0.717) is 16.9 Å². The van der Waals surface area contributed by atoms with Crippen LogP contribution in [0.5, 0.6) is 5.75 Å². The third kappa shape index (κ3) is 3.72. The van der Waals surface area contributed by atoms with Crippen LogP contribution in [-0.2, 0) is 4.74 Å². The van der Waals surface area contributed by atoms with Crippen molar-refractivity contribution in [3.63, 3.8) is 0 Å². The molecule has 134 valence electrons. The lowest BCUT2D eigenvalue weighted by atomic mass is 10.1. The second-order valence-corrected chi connectivity index (χ2v) is 5.68. The maximum atomic E-state index is 13.0. The van der Waals surface area contributed by atoms with Gasteiger partial charge in [-0.1, -0.05) is 6.07 Å². The SMILES string of the molecule is COc1cc(C(=O)O[C@H](C)c2nnc(-c3ccc(F)cc3)o2)ccc1C. The molecule has 0 saturated carbocycles. The highest BCUT2D eigenvalue weighted by atomic mass is 19.1. The zero-order valence-electron chi connectivity index (χ0n) is 14.5. The Hall–Kier alpha value is -3.22. The molecule has 3 aromatic rings. The van der Waals surface area contributed by atoms with Crippen molar-refractivity contribution in [1.29, 1.82) is 0 Å². The molecule has 0 saturated heterocycles. The first-order valence-corrected chi connectivity index (χ1v) is 7.93. The van der Waals surface area contributed by atoms with Crippen LogP contribution in [0.4, 0.5) is 4.39 Å². The standard InChI is InChI=1S/C19H17FN2O4/c1-11-4-5-14(10-16(11)24-3)19(23)25-12(2)17-21-22-18(26-17)13-6-8-15(20)9-7-13/h4-10,12H,1-3H3/t12-/m1/s1. The molecule has 0 amide bonds. The molecule has 0 unspecified atom stereocenters. The second kappa shape index (κ2) is 7.35. The third-order valence-corrected chi connectivity index (χ3v) is 3.81. The lowest BCUT2D eigenvalue weighted by Gasteiger charge is -2.11. The number of halogens is 1. The van der Waals surface area contributed by atoms with Gasteiger partial charge in [0.15, 0.2) is 6.10 Å². The first kappa shape index (κ1) is 17.6. The van der Waals surface area contributed by atoms with Crippen molar-refractivity contribution in [2.75, 3.05) is 7.11 Å². The van der Waals surface area contributed by atoms with Crippen molar-refractivity contribution < 1.29 is 23.1 Å². The minimum absolute atomic E-state index is 0.150. The number of benzene rings is 2. The van der Waals surface area contributed by atoms with Crippen molar-refractivity contribution >= 4 is 5.97 Å². The molecule has 3 rings (SSSR count). The zero-order chi connectivity index (χ0) is 18.7. The number of nitrogens with zero attached hydrogens (tertiary/aromatic N) is 2. The molecular weight excluding hydrogens is 339 g/mol. The van der Waals surface area contributed by atoms with E-state index >= 15 is 0 Å². The fourth-order valence-electron chi connectivity index (χ4n) is 2.33. The number of rotatable bonds is 5. The largest absolute Gasteiger partial charge is 0.496 e. The molecule has 1 aromatic heterocycles. The fourth-order valence-corrected chi connectivity index (χ4v) is 2.33.